The van der Waals surface area contributed by atoms with Crippen LogP contribution in [0.3, 0.4) is 0 Å². The number of nitrogens with zero attached hydrogens (tertiary/aromatic N) is 4. The Labute approximate surface area is 426 Å². The summed E-state index contributed by atoms with van der Waals surface area (Å²) in [6.07, 6.45) is 0. The summed E-state index contributed by atoms with van der Waals surface area (Å²) in [5.74, 6) is 1.24. The standard InChI is InChI=1S/C68H42N4O2/c1-4-16-43(17-5-1)46-30-34-48(35-31-46)61-65-63(57-26-10-12-28-59(57)73-65)71-67(69-61)52-24-14-22-50(38-52)55-40-54(45-20-8-3-9-21-45)41-56(42-55)51-23-15-25-53(39-51)68-70-62(66-64(72-68)58-27-11-13-29-60(58)74-66)49-36-32-47(33-37-49)44-18-6-2-7-19-44/h1-42H. The van der Waals surface area contributed by atoms with E-state index in [1.54, 1.807) is 0 Å². The predicted octanol–water partition coefficient (Wildman–Crippen LogP) is 18.1. The van der Waals surface area contributed by atoms with Crippen molar-refractivity contribution in [2.45, 2.75) is 0 Å². The van der Waals surface area contributed by atoms with Crippen LogP contribution in [0, 0.1) is 0 Å². The van der Waals surface area contributed by atoms with Crippen LogP contribution < -0.4 is 0 Å². The minimum Gasteiger partial charge on any atom is -0.452 e. The first-order valence-corrected chi connectivity index (χ1v) is 24.8. The largest absolute Gasteiger partial charge is 0.452 e. The number of hydrogen-bond acceptors (Lipinski definition) is 6. The minimum atomic E-state index is 0.619. The fourth-order valence-corrected chi connectivity index (χ4v) is 10.2. The van der Waals surface area contributed by atoms with Crippen molar-refractivity contribution in [3.05, 3.63) is 255 Å². The van der Waals surface area contributed by atoms with Gasteiger partial charge in [0.25, 0.3) is 0 Å². The third kappa shape index (κ3) is 7.79. The van der Waals surface area contributed by atoms with Gasteiger partial charge in [-0.15, -0.1) is 0 Å². The van der Waals surface area contributed by atoms with E-state index in [1.165, 1.54) is 0 Å². The Hall–Kier alpha value is -10.0. The average Bonchev–Trinajstić information content (AvgIpc) is 4.06. The van der Waals surface area contributed by atoms with Crippen LogP contribution in [0.4, 0.5) is 0 Å². The molecule has 4 aromatic heterocycles. The lowest BCUT2D eigenvalue weighted by Gasteiger charge is -2.13. The molecule has 6 nitrogen and oxygen atoms in total. The van der Waals surface area contributed by atoms with Crippen molar-refractivity contribution >= 4 is 44.1 Å². The first-order chi connectivity index (χ1) is 36.6. The molecule has 0 bridgehead atoms. The second-order valence-electron chi connectivity index (χ2n) is 18.6. The average molecular weight is 947 g/mol. The molecule has 14 rings (SSSR count). The minimum absolute atomic E-state index is 0.619. The maximum Gasteiger partial charge on any atom is 0.180 e. The van der Waals surface area contributed by atoms with Gasteiger partial charge in [-0.1, -0.05) is 200 Å². The van der Waals surface area contributed by atoms with E-state index in [0.29, 0.717) is 22.8 Å². The summed E-state index contributed by atoms with van der Waals surface area (Å²) in [5.41, 5.74) is 20.6. The molecule has 0 radical (unpaired) electrons. The zero-order valence-electron chi connectivity index (χ0n) is 39.9. The molecular weight excluding hydrogens is 905 g/mol. The molecule has 10 aromatic carbocycles. The van der Waals surface area contributed by atoms with Crippen molar-refractivity contribution in [2.24, 2.45) is 0 Å². The van der Waals surface area contributed by atoms with Gasteiger partial charge in [0.2, 0.25) is 0 Å². The molecule has 0 aliphatic rings. The molecule has 0 saturated carbocycles. The molecule has 6 heteroatoms. The van der Waals surface area contributed by atoms with Crippen molar-refractivity contribution < 1.29 is 8.83 Å². The van der Waals surface area contributed by atoms with E-state index in [2.05, 4.69) is 206 Å². The maximum atomic E-state index is 6.52. The van der Waals surface area contributed by atoms with Gasteiger partial charge in [0, 0.05) is 33.0 Å². The van der Waals surface area contributed by atoms with Crippen LogP contribution >= 0.6 is 0 Å². The normalized spacial score (nSPS) is 11.5. The van der Waals surface area contributed by atoms with Crippen molar-refractivity contribution in [2.75, 3.05) is 0 Å². The first kappa shape index (κ1) is 42.8. The lowest BCUT2D eigenvalue weighted by atomic mass is 9.92. The summed E-state index contributed by atoms with van der Waals surface area (Å²) < 4.78 is 13.0. The number of benzene rings is 10. The lowest BCUT2D eigenvalue weighted by Crippen LogP contribution is -1.95. The van der Waals surface area contributed by atoms with Crippen molar-refractivity contribution in [3.8, 4) is 101 Å². The highest BCUT2D eigenvalue weighted by Crippen LogP contribution is 2.41. The van der Waals surface area contributed by atoms with Gasteiger partial charge in [-0.25, -0.2) is 19.9 Å². The molecule has 0 saturated heterocycles. The van der Waals surface area contributed by atoms with Crippen LogP contribution in [0.2, 0.25) is 0 Å². The molecule has 0 N–H and O–H groups in total. The van der Waals surface area contributed by atoms with Gasteiger partial charge in [-0.05, 0) is 110 Å². The third-order valence-electron chi connectivity index (χ3n) is 13.9. The summed E-state index contributed by atoms with van der Waals surface area (Å²) in [7, 11) is 0. The summed E-state index contributed by atoms with van der Waals surface area (Å²) >= 11 is 0. The van der Waals surface area contributed by atoms with Crippen molar-refractivity contribution in [1.82, 2.24) is 19.9 Å². The number of rotatable bonds is 9. The molecule has 14 aromatic rings. The molecule has 0 amide bonds. The van der Waals surface area contributed by atoms with Crippen LogP contribution in [0.5, 0.6) is 0 Å². The van der Waals surface area contributed by atoms with E-state index < -0.39 is 0 Å². The van der Waals surface area contributed by atoms with Gasteiger partial charge in [0.15, 0.2) is 22.8 Å². The maximum absolute atomic E-state index is 6.52. The van der Waals surface area contributed by atoms with E-state index in [1.807, 2.05) is 48.5 Å². The fraction of sp³-hybridized carbons (Fsp3) is 0. The molecule has 0 unspecified atom stereocenters. The van der Waals surface area contributed by atoms with Gasteiger partial charge in [0.05, 0.1) is 0 Å². The van der Waals surface area contributed by atoms with Crippen molar-refractivity contribution in [1.29, 1.82) is 0 Å². The van der Waals surface area contributed by atoms with Crippen LogP contribution in [-0.4, -0.2) is 19.9 Å². The van der Waals surface area contributed by atoms with Crippen LogP contribution in [0.15, 0.2) is 264 Å². The highest BCUT2D eigenvalue weighted by molar-refractivity contribution is 6.08. The highest BCUT2D eigenvalue weighted by Gasteiger charge is 2.21. The quantitative estimate of drug-likeness (QED) is 0.143. The Morgan fingerprint density at radius 2 is 0.514 bits per heavy atom. The van der Waals surface area contributed by atoms with Gasteiger partial charge >= 0.3 is 0 Å². The number of furan rings is 2. The monoisotopic (exact) mass is 946 g/mol. The van der Waals surface area contributed by atoms with Crippen LogP contribution in [0.25, 0.3) is 145 Å². The van der Waals surface area contributed by atoms with Gasteiger partial charge < -0.3 is 8.83 Å². The Balaban J connectivity index is 0.877. The van der Waals surface area contributed by atoms with E-state index in [4.69, 9.17) is 28.8 Å². The SMILES string of the molecule is c1ccc(-c2ccc(-c3nc(-c4cccc(-c5cc(-c6ccccc6)cc(-c6cccc(-c7nc(-c8ccc(-c9ccccc9)cc8)c8oc9ccccc9c8n7)c6)c5)c4)nc4c3oc3ccccc34)cc2)cc1. The fourth-order valence-electron chi connectivity index (χ4n) is 10.2. The molecule has 4 heterocycles. The molecule has 0 atom stereocenters. The Morgan fingerprint density at radius 1 is 0.216 bits per heavy atom. The summed E-state index contributed by atoms with van der Waals surface area (Å²) in [4.78, 5) is 21.1. The Kier molecular flexibility index (Phi) is 10.4. The molecule has 0 spiro atoms. The van der Waals surface area contributed by atoms with Crippen LogP contribution in [0.1, 0.15) is 0 Å². The number of fused-ring (bicyclic) bond motifs is 6. The summed E-state index contributed by atoms with van der Waals surface area (Å²) in [6, 6.07) is 88.5. The smallest absolute Gasteiger partial charge is 0.180 e. The molecule has 0 fully saturated rings. The zero-order valence-corrected chi connectivity index (χ0v) is 39.9. The second kappa shape index (κ2) is 18.0. The summed E-state index contributed by atoms with van der Waals surface area (Å²) in [6.45, 7) is 0. The van der Waals surface area contributed by atoms with E-state index in [0.717, 1.165) is 122 Å². The van der Waals surface area contributed by atoms with Crippen molar-refractivity contribution in [3.63, 3.8) is 0 Å². The second-order valence-corrected chi connectivity index (χ2v) is 18.6. The van der Waals surface area contributed by atoms with E-state index >= 15 is 0 Å². The van der Waals surface area contributed by atoms with Gasteiger partial charge in [-0.3, -0.25) is 0 Å². The first-order valence-electron chi connectivity index (χ1n) is 24.8. The highest BCUT2D eigenvalue weighted by atomic mass is 16.3. The molecule has 0 aliphatic carbocycles. The third-order valence-corrected chi connectivity index (χ3v) is 13.9. The van der Waals surface area contributed by atoms with Crippen LogP contribution in [-0.2, 0) is 0 Å². The van der Waals surface area contributed by atoms with E-state index in [9.17, 15) is 0 Å². The summed E-state index contributed by atoms with van der Waals surface area (Å²) in [5, 5.41) is 1.90. The lowest BCUT2D eigenvalue weighted by molar-refractivity contribution is 0.667. The molecule has 0 aliphatic heterocycles. The molecule has 74 heavy (non-hydrogen) atoms. The molecular formula is C68H42N4O2. The molecule has 346 valence electrons. The van der Waals surface area contributed by atoms with Gasteiger partial charge in [-0.2, -0.15) is 0 Å². The number of hydrogen-bond donors (Lipinski definition) is 0. The Bertz CT molecular complexity index is 4130. The van der Waals surface area contributed by atoms with Gasteiger partial charge in [0.1, 0.15) is 33.6 Å². The topological polar surface area (TPSA) is 77.8 Å². The number of para-hydroxylation sites is 2. The number of aromatic nitrogens is 4. The Morgan fingerprint density at radius 3 is 0.932 bits per heavy atom. The predicted molar refractivity (Wildman–Crippen MR) is 301 cm³/mol. The zero-order chi connectivity index (χ0) is 49.0. The van der Waals surface area contributed by atoms with E-state index in [-0.39, 0.29) is 0 Å².